The van der Waals surface area contributed by atoms with Crippen molar-refractivity contribution in [3.05, 3.63) is 35.1 Å². The van der Waals surface area contributed by atoms with Crippen molar-refractivity contribution in [1.29, 1.82) is 0 Å². The summed E-state index contributed by atoms with van der Waals surface area (Å²) in [6.45, 7) is -1.65. The molecule has 0 aliphatic heterocycles. The van der Waals surface area contributed by atoms with Crippen LogP contribution in [0.15, 0.2) is 28.6 Å². The minimum absolute atomic E-state index is 0. The summed E-state index contributed by atoms with van der Waals surface area (Å²) in [6, 6.07) is 4.47. The third-order valence-electron chi connectivity index (χ3n) is 4.13. The summed E-state index contributed by atoms with van der Waals surface area (Å²) in [5, 5.41) is 10.3. The van der Waals surface area contributed by atoms with E-state index in [2.05, 4.69) is 25.5 Å². The number of anilines is 2. The molecule has 8 nitrogen and oxygen atoms in total. The summed E-state index contributed by atoms with van der Waals surface area (Å²) in [4.78, 5) is 8.72. The maximum Gasteiger partial charge on any atom is 0.402 e. The Balaban J connectivity index is 0.00000181. The zero-order valence-electron chi connectivity index (χ0n) is 15.0. The van der Waals surface area contributed by atoms with Crippen molar-refractivity contribution in [2.45, 2.75) is 29.1 Å². The number of aromatic amines is 1. The predicted molar refractivity (Wildman–Crippen MR) is 110 cm³/mol. The van der Waals surface area contributed by atoms with Crippen molar-refractivity contribution >= 4 is 44.6 Å². The Kier molecular flexibility index (Phi) is 5.46. The van der Waals surface area contributed by atoms with E-state index in [1.165, 1.54) is 23.1 Å². The number of nitrogens with zero attached hydrogens (tertiary/aromatic N) is 3. The number of aromatic nitrogens is 4. The van der Waals surface area contributed by atoms with Crippen LogP contribution >= 0.6 is 22.9 Å². The van der Waals surface area contributed by atoms with Crippen LogP contribution in [0, 0.1) is 0 Å². The molecule has 0 radical (unpaired) electrons. The lowest BCUT2D eigenvalue weighted by Crippen LogP contribution is -2.33. The lowest BCUT2D eigenvalue weighted by molar-refractivity contribution is -0.121. The highest BCUT2D eigenvalue weighted by Gasteiger charge is 2.31. The molecule has 0 unspecified atom stereocenters. The SMILES string of the molecule is O=S(=O)(NCC(F)(F)F)c1ccc(-c2ncc(Cl)c(Nc3cc(C4CC4)[nH]n3)n2)s1.[HH].[HH]. The largest absolute Gasteiger partial charge is 0.402 e. The topological polar surface area (TPSA) is 113 Å². The third kappa shape index (κ3) is 4.91. The Labute approximate surface area is 180 Å². The van der Waals surface area contributed by atoms with Gasteiger partial charge in [0.25, 0.3) is 0 Å². The second-order valence-electron chi connectivity index (χ2n) is 6.56. The molecule has 0 spiro atoms. The third-order valence-corrected chi connectivity index (χ3v) is 7.39. The molecule has 0 saturated heterocycles. The lowest BCUT2D eigenvalue weighted by atomic mass is 10.3. The van der Waals surface area contributed by atoms with Gasteiger partial charge in [-0.3, -0.25) is 5.10 Å². The summed E-state index contributed by atoms with van der Waals surface area (Å²) in [6.07, 6.45) is -1.09. The molecule has 3 aromatic rings. The van der Waals surface area contributed by atoms with Crippen LogP contribution < -0.4 is 10.0 Å². The van der Waals surface area contributed by atoms with Gasteiger partial charge in [-0.1, -0.05) is 11.6 Å². The molecule has 0 aromatic carbocycles. The highest BCUT2D eigenvalue weighted by Crippen LogP contribution is 2.40. The van der Waals surface area contributed by atoms with Gasteiger partial charge in [-0.15, -0.1) is 11.3 Å². The van der Waals surface area contributed by atoms with Crippen LogP contribution in [0.3, 0.4) is 0 Å². The first-order chi connectivity index (χ1) is 14.1. The van der Waals surface area contributed by atoms with Crippen LogP contribution in [0.1, 0.15) is 27.3 Å². The van der Waals surface area contributed by atoms with Crippen molar-refractivity contribution < 1.29 is 24.4 Å². The monoisotopic (exact) mass is 482 g/mol. The van der Waals surface area contributed by atoms with E-state index < -0.39 is 22.7 Å². The molecule has 1 fully saturated rings. The van der Waals surface area contributed by atoms with E-state index in [1.807, 2.05) is 6.07 Å². The van der Waals surface area contributed by atoms with E-state index in [0.29, 0.717) is 16.6 Å². The Bertz CT molecular complexity index is 1180. The van der Waals surface area contributed by atoms with Crippen LogP contribution in [0.5, 0.6) is 0 Å². The van der Waals surface area contributed by atoms with E-state index in [4.69, 9.17) is 11.6 Å². The minimum atomic E-state index is -4.65. The smallest absolute Gasteiger partial charge is 0.322 e. The van der Waals surface area contributed by atoms with E-state index in [9.17, 15) is 21.6 Å². The highest BCUT2D eigenvalue weighted by atomic mass is 35.5. The van der Waals surface area contributed by atoms with Gasteiger partial charge in [0.2, 0.25) is 10.0 Å². The quantitative estimate of drug-likeness (QED) is 0.456. The highest BCUT2D eigenvalue weighted by molar-refractivity contribution is 7.91. The zero-order valence-corrected chi connectivity index (χ0v) is 17.4. The molecule has 1 aliphatic rings. The second kappa shape index (κ2) is 7.80. The first-order valence-corrected chi connectivity index (χ1v) is 11.3. The fraction of sp³-hybridized carbons (Fsp3) is 0.312. The number of hydrogen-bond donors (Lipinski definition) is 3. The average molecular weight is 483 g/mol. The molecule has 1 saturated carbocycles. The van der Waals surface area contributed by atoms with Gasteiger partial charge in [0.15, 0.2) is 17.5 Å². The van der Waals surface area contributed by atoms with Crippen LogP contribution in [0.25, 0.3) is 10.7 Å². The Morgan fingerprint density at radius 3 is 2.80 bits per heavy atom. The molecule has 3 N–H and O–H groups in total. The van der Waals surface area contributed by atoms with Crippen LogP contribution in [-0.2, 0) is 10.0 Å². The molecule has 0 atom stereocenters. The maximum atomic E-state index is 12.3. The Morgan fingerprint density at radius 2 is 2.10 bits per heavy atom. The van der Waals surface area contributed by atoms with E-state index >= 15 is 0 Å². The number of rotatable bonds is 7. The number of sulfonamides is 1. The summed E-state index contributed by atoms with van der Waals surface area (Å²) in [7, 11) is -4.31. The number of hydrogen-bond acceptors (Lipinski definition) is 7. The summed E-state index contributed by atoms with van der Waals surface area (Å²) < 4.78 is 62.3. The first-order valence-electron chi connectivity index (χ1n) is 8.62. The van der Waals surface area contributed by atoms with Crippen molar-refractivity contribution in [1.82, 2.24) is 24.9 Å². The predicted octanol–water partition coefficient (Wildman–Crippen LogP) is 4.54. The van der Waals surface area contributed by atoms with Crippen LogP contribution in [0.4, 0.5) is 24.8 Å². The number of thiophene rings is 1. The zero-order chi connectivity index (χ0) is 21.5. The summed E-state index contributed by atoms with van der Waals surface area (Å²) in [5.41, 5.74) is 1.02. The van der Waals surface area contributed by atoms with Crippen molar-refractivity contribution in [2.24, 2.45) is 0 Å². The minimum Gasteiger partial charge on any atom is -0.322 e. The number of alkyl halides is 3. The van der Waals surface area contributed by atoms with Gasteiger partial charge in [-0.2, -0.15) is 18.3 Å². The molecule has 0 bridgehead atoms. The van der Waals surface area contributed by atoms with Gasteiger partial charge in [-0.05, 0) is 25.0 Å². The standard InChI is InChI=1S/C16H14ClF3N6O2S2.2H2/c17-9-6-21-15(24-14(9)23-12-5-10(25-26-12)8-1-2-8)11-3-4-13(29-11)30(27,28)22-7-16(18,19)20;;/h3-6,8,22H,1-2,7H2,(H2,21,23,24,25,26);2*1H. The molecule has 4 rings (SSSR count). The molecule has 30 heavy (non-hydrogen) atoms. The van der Waals surface area contributed by atoms with E-state index in [-0.39, 0.29) is 23.7 Å². The maximum absolute atomic E-state index is 12.3. The molecular weight excluding hydrogens is 465 g/mol. The van der Waals surface area contributed by atoms with Crippen LogP contribution in [-0.4, -0.2) is 41.3 Å². The van der Waals surface area contributed by atoms with Gasteiger partial charge in [-0.25, -0.2) is 23.1 Å². The van der Waals surface area contributed by atoms with Gasteiger partial charge in [0.05, 0.1) is 11.1 Å². The number of halogens is 4. The lowest BCUT2D eigenvalue weighted by Gasteiger charge is -2.07. The average Bonchev–Trinajstić information content (AvgIpc) is 3.21. The van der Waals surface area contributed by atoms with Crippen molar-refractivity contribution in [3.8, 4) is 10.7 Å². The van der Waals surface area contributed by atoms with Gasteiger partial charge >= 0.3 is 6.18 Å². The second-order valence-corrected chi connectivity index (χ2v) is 10.0. The van der Waals surface area contributed by atoms with Gasteiger partial charge in [0.1, 0.15) is 15.8 Å². The van der Waals surface area contributed by atoms with Crippen LogP contribution in [0.2, 0.25) is 5.02 Å². The molecule has 3 aromatic heterocycles. The molecule has 3 heterocycles. The molecule has 14 heteroatoms. The van der Waals surface area contributed by atoms with Crippen molar-refractivity contribution in [3.63, 3.8) is 0 Å². The normalized spacial score (nSPS) is 14.8. The van der Waals surface area contributed by atoms with E-state index in [1.54, 1.807) is 0 Å². The summed E-state index contributed by atoms with van der Waals surface area (Å²) >= 11 is 6.89. The molecule has 1 aliphatic carbocycles. The number of H-pyrrole nitrogens is 1. The van der Waals surface area contributed by atoms with Gasteiger partial charge < -0.3 is 5.32 Å². The molecular formula is C16H18ClF3N6O2S2. The van der Waals surface area contributed by atoms with E-state index in [0.717, 1.165) is 29.9 Å². The first kappa shape index (κ1) is 21.0. The van der Waals surface area contributed by atoms with Crippen molar-refractivity contribution in [2.75, 3.05) is 11.9 Å². The molecule has 164 valence electrons. The Morgan fingerprint density at radius 1 is 1.33 bits per heavy atom. The fourth-order valence-electron chi connectivity index (χ4n) is 2.53. The van der Waals surface area contributed by atoms with Gasteiger partial charge in [0, 0.05) is 20.5 Å². The summed E-state index contributed by atoms with van der Waals surface area (Å²) in [5.74, 6) is 1.45. The number of nitrogens with one attached hydrogen (secondary N) is 3. The fourth-order valence-corrected chi connectivity index (χ4v) is 4.98. The Hall–Kier alpha value is -2.22. The molecule has 0 amide bonds.